The fraction of sp³-hybridized carbons (Fsp3) is 0.571. The van der Waals surface area contributed by atoms with Gasteiger partial charge >= 0.3 is 5.69 Å². The van der Waals surface area contributed by atoms with Crippen LogP contribution in [0.1, 0.15) is 19.5 Å². The van der Waals surface area contributed by atoms with Crippen molar-refractivity contribution in [2.75, 3.05) is 59.0 Å². The molecule has 6 rings (SSSR count). The molecule has 0 saturated carbocycles. The van der Waals surface area contributed by atoms with Crippen LogP contribution in [0.4, 0.5) is 11.4 Å². The van der Waals surface area contributed by atoms with Crippen molar-refractivity contribution in [2.24, 2.45) is 4.99 Å². The molecule has 0 spiro atoms. The van der Waals surface area contributed by atoms with E-state index in [4.69, 9.17) is 25.1 Å². The second-order valence-electron chi connectivity index (χ2n) is 7.59. The van der Waals surface area contributed by atoms with E-state index in [2.05, 4.69) is 37.8 Å². The van der Waals surface area contributed by atoms with Gasteiger partial charge in [0.05, 0.1) is 90.1 Å². The first-order valence-electron chi connectivity index (χ1n) is 11.0. The first kappa shape index (κ1) is 33.0. The van der Waals surface area contributed by atoms with Crippen molar-refractivity contribution in [1.29, 1.82) is 0 Å². The van der Waals surface area contributed by atoms with Crippen molar-refractivity contribution in [1.82, 2.24) is 19.6 Å². The number of ether oxygens (including phenoxy) is 3. The molecule has 4 aliphatic heterocycles. The monoisotopic (exact) mass is 652 g/mol. The summed E-state index contributed by atoms with van der Waals surface area (Å²) in [5.74, 6) is 0. The molecule has 2 aromatic rings. The summed E-state index contributed by atoms with van der Waals surface area (Å²) in [7, 11) is 1.00. The zero-order valence-electron chi connectivity index (χ0n) is 20.0. The van der Waals surface area contributed by atoms with Gasteiger partial charge in [0.1, 0.15) is 12.4 Å². The van der Waals surface area contributed by atoms with E-state index in [1.165, 1.54) is 24.7 Å². The van der Waals surface area contributed by atoms with Crippen molar-refractivity contribution in [3.8, 4) is 0 Å². The molecule has 6 heterocycles. The van der Waals surface area contributed by atoms with Gasteiger partial charge in [0, 0.05) is 19.4 Å². The third-order valence-corrected chi connectivity index (χ3v) is 5.57. The van der Waals surface area contributed by atoms with Crippen LogP contribution in [0, 0.1) is 20.2 Å². The third-order valence-electron chi connectivity index (χ3n) is 4.85. The highest BCUT2D eigenvalue weighted by Crippen LogP contribution is 2.19. The maximum Gasteiger partial charge on any atom is 0.307 e. The molecule has 4 aliphatic rings. The minimum absolute atomic E-state index is 0. The highest BCUT2D eigenvalue weighted by Gasteiger charge is 2.23. The second kappa shape index (κ2) is 17.5. The van der Waals surface area contributed by atoms with Crippen LogP contribution in [0.25, 0.3) is 0 Å². The van der Waals surface area contributed by atoms with Gasteiger partial charge in [-0.15, -0.1) is 0 Å². The maximum absolute atomic E-state index is 10.3. The molecule has 3 saturated heterocycles. The van der Waals surface area contributed by atoms with Crippen molar-refractivity contribution in [3.63, 3.8) is 0 Å². The molecule has 3 fully saturated rings. The van der Waals surface area contributed by atoms with Crippen LogP contribution in [-0.4, -0.2) is 97.9 Å². The molecule has 38 heavy (non-hydrogen) atoms. The lowest BCUT2D eigenvalue weighted by Crippen LogP contribution is -2.30. The number of aliphatic hydroxyl groups is 1. The average Bonchev–Trinajstić information content (AvgIpc) is 3.55. The summed E-state index contributed by atoms with van der Waals surface area (Å²) < 4.78 is 19.0. The number of hydrogen-bond donors (Lipinski definition) is 2. The van der Waals surface area contributed by atoms with Crippen molar-refractivity contribution >= 4 is 40.2 Å². The zero-order valence-corrected chi connectivity index (χ0v) is 22.2. The molecule has 3 N–H and O–H groups in total. The predicted octanol–water partition coefficient (Wildman–Crippen LogP) is 1.70. The van der Waals surface area contributed by atoms with Crippen LogP contribution in [0.15, 0.2) is 41.6 Å². The molecular formula is C21H33IN8O8. The van der Waals surface area contributed by atoms with Crippen molar-refractivity contribution in [3.05, 3.63) is 56.8 Å². The molecule has 0 aliphatic carbocycles. The number of aliphatic imine (C=N–C) groups is 1. The molecule has 2 aromatic heterocycles. The van der Waals surface area contributed by atoms with Crippen LogP contribution in [0.2, 0.25) is 0 Å². The Hall–Kier alpha value is -3.00. The normalized spacial score (nSPS) is 17.4. The Bertz CT molecular complexity index is 1050. The van der Waals surface area contributed by atoms with E-state index in [9.17, 15) is 20.2 Å². The Morgan fingerprint density at radius 1 is 0.947 bits per heavy atom. The Labute approximate surface area is 232 Å². The smallest absolute Gasteiger partial charge is 0.307 e. The quantitative estimate of drug-likeness (QED) is 0.210. The number of nitrogen functional groups attached to an aromatic ring is 1. The summed E-state index contributed by atoms with van der Waals surface area (Å²) in [6.07, 6.45) is 8.89. The van der Waals surface area contributed by atoms with Gasteiger partial charge < -0.3 is 25.1 Å². The van der Waals surface area contributed by atoms with E-state index in [1.54, 1.807) is 10.9 Å². The summed E-state index contributed by atoms with van der Waals surface area (Å²) in [5.41, 5.74) is 6.32. The number of anilines is 1. The lowest BCUT2D eigenvalue weighted by Gasteiger charge is -2.25. The SMILES string of the molecule is C.CO.IC1COC1.Nc1cnn(C2COC2)c1.O=[N+]([O-])C1=CCN=C1.O=[N+]([O-])c1cnn(C2COC2)c1. The Kier molecular flexibility index (Phi) is 15.2. The van der Waals surface area contributed by atoms with Gasteiger partial charge in [-0.3, -0.25) is 34.6 Å². The molecular weight excluding hydrogens is 619 g/mol. The number of rotatable bonds is 4. The second-order valence-corrected chi connectivity index (χ2v) is 9.35. The lowest BCUT2D eigenvalue weighted by molar-refractivity contribution is -0.414. The maximum atomic E-state index is 10.3. The summed E-state index contributed by atoms with van der Waals surface area (Å²) in [6.45, 7) is 5.12. The van der Waals surface area contributed by atoms with Gasteiger partial charge in [-0.2, -0.15) is 10.2 Å². The molecule has 212 valence electrons. The molecule has 0 amide bonds. The standard InChI is InChI=1S/C6H7N3O3.C6H9N3O.C4H4N2O2.C3H5IO.CH4O.CH4/c10-9(11)5-1-7-8(2-5)6-3-12-4-6;7-5-1-8-9(2-5)6-3-10-4-6;7-6(8)4-1-2-5-3-4;4-3-1-5-2-3;1-2;/h1-2,6H,3-4H2;1-2,6H,3-4,7H2;1,3H,2H2;3H,1-2H2;2H,1H3;1H4. The van der Waals surface area contributed by atoms with Crippen LogP contribution in [-0.2, 0) is 14.2 Å². The Morgan fingerprint density at radius 3 is 1.71 bits per heavy atom. The third kappa shape index (κ3) is 10.8. The largest absolute Gasteiger partial charge is 0.400 e. The van der Waals surface area contributed by atoms with Gasteiger partial charge in [0.2, 0.25) is 0 Å². The van der Waals surface area contributed by atoms with E-state index >= 15 is 0 Å². The van der Waals surface area contributed by atoms with Crippen molar-refractivity contribution in [2.45, 2.75) is 23.4 Å². The molecule has 17 heteroatoms. The zero-order chi connectivity index (χ0) is 27.2. The number of aromatic nitrogens is 4. The Balaban J connectivity index is 0.000000254. The molecule has 0 bridgehead atoms. The van der Waals surface area contributed by atoms with Crippen LogP contribution < -0.4 is 5.73 Å². The predicted molar refractivity (Wildman–Crippen MR) is 147 cm³/mol. The topological polar surface area (TPSA) is 208 Å². The van der Waals surface area contributed by atoms with Gasteiger partial charge in [-0.1, -0.05) is 30.0 Å². The minimum Gasteiger partial charge on any atom is -0.400 e. The van der Waals surface area contributed by atoms with Gasteiger partial charge in [0.25, 0.3) is 5.70 Å². The number of aliphatic hydroxyl groups excluding tert-OH is 1. The first-order chi connectivity index (χ1) is 17.8. The van der Waals surface area contributed by atoms with Gasteiger partial charge in [-0.05, 0) is 0 Å². The minimum atomic E-state index is -0.455. The van der Waals surface area contributed by atoms with Crippen LogP contribution >= 0.6 is 22.6 Å². The van der Waals surface area contributed by atoms with E-state index in [0.717, 1.165) is 37.5 Å². The fourth-order valence-electron chi connectivity index (χ4n) is 2.60. The number of halogens is 1. The number of allylic oxidation sites excluding steroid dienone is 1. The average molecular weight is 652 g/mol. The van der Waals surface area contributed by atoms with E-state index in [-0.39, 0.29) is 24.9 Å². The van der Waals surface area contributed by atoms with E-state index in [1.807, 2.05) is 10.9 Å². The summed E-state index contributed by atoms with van der Waals surface area (Å²) in [6, 6.07) is 0.594. The summed E-state index contributed by atoms with van der Waals surface area (Å²) in [4.78, 5) is 22.8. The van der Waals surface area contributed by atoms with Gasteiger partial charge in [0.15, 0.2) is 0 Å². The number of nitro groups is 2. The molecule has 0 atom stereocenters. The molecule has 0 aromatic carbocycles. The van der Waals surface area contributed by atoms with Gasteiger partial charge in [-0.25, -0.2) is 0 Å². The highest BCUT2D eigenvalue weighted by molar-refractivity contribution is 14.1. The van der Waals surface area contributed by atoms with E-state index < -0.39 is 9.85 Å². The fourth-order valence-corrected chi connectivity index (χ4v) is 3.11. The number of alkyl halides is 1. The molecule has 0 radical (unpaired) electrons. The number of nitrogens with two attached hydrogens (primary N) is 1. The Morgan fingerprint density at radius 2 is 1.45 bits per heavy atom. The van der Waals surface area contributed by atoms with Crippen LogP contribution in [0.5, 0.6) is 0 Å². The molecule has 16 nitrogen and oxygen atoms in total. The summed E-state index contributed by atoms with van der Waals surface area (Å²) in [5, 5.41) is 35.0. The van der Waals surface area contributed by atoms with Crippen LogP contribution in [0.3, 0.4) is 0 Å². The molecule has 0 unspecified atom stereocenters. The van der Waals surface area contributed by atoms with Crippen molar-refractivity contribution < 1.29 is 29.2 Å². The number of hydrogen-bond acceptors (Lipinski definition) is 12. The lowest BCUT2D eigenvalue weighted by atomic mass is 10.3. The number of nitrogens with zero attached hydrogens (tertiary/aromatic N) is 7. The summed E-state index contributed by atoms with van der Waals surface area (Å²) >= 11 is 2.37. The first-order valence-corrected chi connectivity index (χ1v) is 12.2. The highest BCUT2D eigenvalue weighted by atomic mass is 127. The van der Waals surface area contributed by atoms with E-state index in [0.29, 0.717) is 31.5 Å².